The quantitative estimate of drug-likeness (QED) is 0.802. The lowest BCUT2D eigenvalue weighted by atomic mass is 10.4. The Morgan fingerprint density at radius 3 is 2.90 bits per heavy atom. The third-order valence-electron chi connectivity index (χ3n) is 2.32. The largest absolute Gasteiger partial charge is 0.477 e. The molecule has 0 amide bonds. The van der Waals surface area contributed by atoms with E-state index in [1.54, 1.807) is 6.92 Å². The molecule has 2 N–H and O–H groups in total. The highest BCUT2D eigenvalue weighted by Gasteiger charge is 2.23. The maximum Gasteiger partial charge on any atom is 0.347 e. The first kappa shape index (κ1) is 14.6. The number of aromatic nitrogens is 2. The maximum absolute atomic E-state index is 12.0. The Bertz CT molecular complexity index is 719. The van der Waals surface area contributed by atoms with Crippen molar-refractivity contribution in [1.29, 1.82) is 0 Å². The summed E-state index contributed by atoms with van der Waals surface area (Å²) in [5.74, 6) is -0.489. The number of aryl methyl sites for hydroxylation is 1. The molecule has 0 atom stereocenters. The summed E-state index contributed by atoms with van der Waals surface area (Å²) in [7, 11) is -3.86. The van der Waals surface area contributed by atoms with Crippen LogP contribution in [0.5, 0.6) is 0 Å². The van der Waals surface area contributed by atoms with E-state index in [1.165, 1.54) is 11.4 Å². The molecule has 0 saturated carbocycles. The standard InChI is InChI=1S/C10H11N3O5S2/c1-6-12-8(13-18-6)2-4-11-20(16,17)7-3-5-19-9(7)10(14)15/h3,5,11H,2,4H2,1H3,(H,14,15). The molecule has 0 aromatic carbocycles. The Balaban J connectivity index is 2.04. The lowest BCUT2D eigenvalue weighted by Gasteiger charge is -2.04. The first-order valence-corrected chi connectivity index (χ1v) is 7.86. The van der Waals surface area contributed by atoms with Gasteiger partial charge in [-0.05, 0) is 11.4 Å². The molecule has 2 aromatic heterocycles. The highest BCUT2D eigenvalue weighted by Crippen LogP contribution is 2.21. The average Bonchev–Trinajstić information content (AvgIpc) is 2.97. The van der Waals surface area contributed by atoms with E-state index >= 15 is 0 Å². The van der Waals surface area contributed by atoms with E-state index in [4.69, 9.17) is 9.63 Å². The number of carbonyl (C=O) groups is 1. The molecule has 0 unspecified atom stereocenters. The van der Waals surface area contributed by atoms with E-state index < -0.39 is 16.0 Å². The van der Waals surface area contributed by atoms with Crippen LogP contribution in [0.1, 0.15) is 21.4 Å². The zero-order chi connectivity index (χ0) is 14.8. The summed E-state index contributed by atoms with van der Waals surface area (Å²) in [4.78, 5) is 14.4. The van der Waals surface area contributed by atoms with E-state index in [0.29, 0.717) is 11.7 Å². The second-order valence-corrected chi connectivity index (χ2v) is 6.45. The van der Waals surface area contributed by atoms with Crippen LogP contribution in [-0.2, 0) is 16.4 Å². The fourth-order valence-corrected chi connectivity index (χ4v) is 3.77. The fourth-order valence-electron chi connectivity index (χ4n) is 1.48. The van der Waals surface area contributed by atoms with Crippen LogP contribution in [0.3, 0.4) is 0 Å². The van der Waals surface area contributed by atoms with Gasteiger partial charge < -0.3 is 9.63 Å². The molecule has 0 aliphatic carbocycles. The molecule has 0 bridgehead atoms. The molecule has 0 spiro atoms. The minimum absolute atomic E-state index is 0.0518. The number of carboxylic acid groups (broad SMARTS) is 1. The molecular weight excluding hydrogens is 306 g/mol. The number of carboxylic acids is 1. The van der Waals surface area contributed by atoms with Crippen molar-refractivity contribution in [2.24, 2.45) is 0 Å². The van der Waals surface area contributed by atoms with Crippen molar-refractivity contribution in [3.63, 3.8) is 0 Å². The molecule has 2 aromatic rings. The lowest BCUT2D eigenvalue weighted by molar-refractivity contribution is 0.0698. The normalized spacial score (nSPS) is 11.7. The molecular formula is C10H11N3O5S2. The van der Waals surface area contributed by atoms with Gasteiger partial charge in [0.2, 0.25) is 15.9 Å². The number of sulfonamides is 1. The molecule has 0 fully saturated rings. The van der Waals surface area contributed by atoms with Crippen LogP contribution in [0.25, 0.3) is 0 Å². The monoisotopic (exact) mass is 317 g/mol. The van der Waals surface area contributed by atoms with Gasteiger partial charge >= 0.3 is 5.97 Å². The second-order valence-electron chi connectivity index (χ2n) is 3.80. The SMILES string of the molecule is Cc1nc(CCNS(=O)(=O)c2ccsc2C(=O)O)no1. The van der Waals surface area contributed by atoms with Gasteiger partial charge in [-0.2, -0.15) is 4.98 Å². The third kappa shape index (κ3) is 3.21. The van der Waals surface area contributed by atoms with Gasteiger partial charge in [0.15, 0.2) is 5.82 Å². The van der Waals surface area contributed by atoms with E-state index in [1.807, 2.05) is 0 Å². The van der Waals surface area contributed by atoms with E-state index in [0.717, 1.165) is 11.3 Å². The number of nitrogens with zero attached hydrogens (tertiary/aromatic N) is 2. The Morgan fingerprint density at radius 2 is 2.30 bits per heavy atom. The van der Waals surface area contributed by atoms with Crippen molar-refractivity contribution in [1.82, 2.24) is 14.9 Å². The second kappa shape index (κ2) is 5.69. The van der Waals surface area contributed by atoms with Gasteiger partial charge in [0.05, 0.1) is 0 Å². The first-order chi connectivity index (χ1) is 9.40. The number of nitrogens with one attached hydrogen (secondary N) is 1. The number of thiophene rings is 1. The van der Waals surface area contributed by atoms with Crippen LogP contribution >= 0.6 is 11.3 Å². The Hall–Kier alpha value is -1.78. The van der Waals surface area contributed by atoms with Gasteiger partial charge in [-0.25, -0.2) is 17.9 Å². The minimum atomic E-state index is -3.86. The molecule has 0 aliphatic heterocycles. The number of hydrogen-bond donors (Lipinski definition) is 2. The molecule has 20 heavy (non-hydrogen) atoms. The Kier molecular flexibility index (Phi) is 4.16. The molecule has 0 aliphatic rings. The summed E-state index contributed by atoms with van der Waals surface area (Å²) in [6.45, 7) is 1.68. The Labute approximate surface area is 118 Å². The topological polar surface area (TPSA) is 122 Å². The van der Waals surface area contributed by atoms with Crippen LogP contribution < -0.4 is 4.72 Å². The van der Waals surface area contributed by atoms with Crippen molar-refractivity contribution < 1.29 is 22.8 Å². The summed E-state index contributed by atoms with van der Waals surface area (Å²) in [6.07, 6.45) is 0.253. The van der Waals surface area contributed by atoms with E-state index in [-0.39, 0.29) is 22.7 Å². The average molecular weight is 317 g/mol. The van der Waals surface area contributed by atoms with Crippen molar-refractivity contribution in [3.05, 3.63) is 28.0 Å². The predicted octanol–water partition coefficient (Wildman–Crippen LogP) is 0.659. The van der Waals surface area contributed by atoms with Crippen molar-refractivity contribution >= 4 is 27.3 Å². The molecule has 0 saturated heterocycles. The van der Waals surface area contributed by atoms with Gasteiger partial charge in [0, 0.05) is 19.9 Å². The van der Waals surface area contributed by atoms with Gasteiger partial charge in [0.1, 0.15) is 9.77 Å². The predicted molar refractivity (Wildman–Crippen MR) is 69.2 cm³/mol. The summed E-state index contributed by atoms with van der Waals surface area (Å²) < 4.78 is 31.0. The maximum atomic E-state index is 12.0. The lowest BCUT2D eigenvalue weighted by Crippen LogP contribution is -2.27. The summed E-state index contributed by atoms with van der Waals surface area (Å²) in [6, 6.07) is 1.26. The number of aromatic carboxylic acids is 1. The van der Waals surface area contributed by atoms with Crippen LogP contribution in [0, 0.1) is 6.92 Å². The molecule has 10 heteroatoms. The van der Waals surface area contributed by atoms with E-state index in [9.17, 15) is 13.2 Å². The Morgan fingerprint density at radius 1 is 1.55 bits per heavy atom. The van der Waals surface area contributed by atoms with Crippen molar-refractivity contribution in [2.45, 2.75) is 18.2 Å². The first-order valence-electron chi connectivity index (χ1n) is 5.50. The number of rotatable bonds is 6. The molecule has 2 heterocycles. The molecule has 108 valence electrons. The zero-order valence-electron chi connectivity index (χ0n) is 10.4. The van der Waals surface area contributed by atoms with Crippen LogP contribution in [0.4, 0.5) is 0 Å². The van der Waals surface area contributed by atoms with Crippen LogP contribution in [-0.4, -0.2) is 36.2 Å². The molecule has 0 radical (unpaired) electrons. The van der Waals surface area contributed by atoms with Crippen LogP contribution in [0.15, 0.2) is 20.9 Å². The summed E-state index contributed by atoms with van der Waals surface area (Å²) in [5, 5.41) is 14.0. The van der Waals surface area contributed by atoms with Gasteiger partial charge in [-0.3, -0.25) is 0 Å². The van der Waals surface area contributed by atoms with Gasteiger partial charge in [0.25, 0.3) is 0 Å². The molecule has 2 rings (SSSR count). The summed E-state index contributed by atoms with van der Waals surface area (Å²) >= 11 is 0.859. The smallest absolute Gasteiger partial charge is 0.347 e. The van der Waals surface area contributed by atoms with Crippen molar-refractivity contribution in [2.75, 3.05) is 6.54 Å². The highest BCUT2D eigenvalue weighted by atomic mass is 32.2. The zero-order valence-corrected chi connectivity index (χ0v) is 12.0. The minimum Gasteiger partial charge on any atom is -0.477 e. The van der Waals surface area contributed by atoms with Crippen LogP contribution in [0.2, 0.25) is 0 Å². The van der Waals surface area contributed by atoms with Crippen molar-refractivity contribution in [3.8, 4) is 0 Å². The van der Waals surface area contributed by atoms with Gasteiger partial charge in [-0.15, -0.1) is 11.3 Å². The number of hydrogen-bond acceptors (Lipinski definition) is 7. The third-order valence-corrected chi connectivity index (χ3v) is 4.86. The fraction of sp³-hybridized carbons (Fsp3) is 0.300. The van der Waals surface area contributed by atoms with Gasteiger partial charge in [-0.1, -0.05) is 5.16 Å². The highest BCUT2D eigenvalue weighted by molar-refractivity contribution is 7.89. The van der Waals surface area contributed by atoms with E-state index in [2.05, 4.69) is 14.9 Å². The summed E-state index contributed by atoms with van der Waals surface area (Å²) in [5.41, 5.74) is 0. The molecule has 8 nitrogen and oxygen atoms in total.